The van der Waals surface area contributed by atoms with E-state index in [1.165, 1.54) is 0 Å². The summed E-state index contributed by atoms with van der Waals surface area (Å²) in [5.74, 6) is 1.50. The number of rotatable bonds is 5. The summed E-state index contributed by atoms with van der Waals surface area (Å²) in [6.07, 6.45) is 1.72. The molecular weight excluding hydrogens is 294 g/mol. The lowest BCUT2D eigenvalue weighted by molar-refractivity contribution is 0.211. The third kappa shape index (κ3) is 3.74. The molecule has 1 aromatic carbocycles. The van der Waals surface area contributed by atoms with E-state index >= 15 is 0 Å². The minimum atomic E-state index is 0.477. The van der Waals surface area contributed by atoms with Crippen molar-refractivity contribution in [1.82, 2.24) is 4.98 Å². The van der Waals surface area contributed by atoms with Gasteiger partial charge in [0.25, 0.3) is 0 Å². The van der Waals surface area contributed by atoms with Crippen LogP contribution in [0.1, 0.15) is 5.56 Å². The molecule has 0 N–H and O–H groups in total. The molecule has 0 aliphatic carbocycles. The average molecular weight is 308 g/mol. The van der Waals surface area contributed by atoms with Gasteiger partial charge < -0.3 is 9.47 Å². The Morgan fingerprint density at radius 3 is 2.56 bits per heavy atom. The van der Waals surface area contributed by atoms with E-state index in [0.29, 0.717) is 19.1 Å². The molecule has 1 aromatic heterocycles. The molecule has 2 aromatic rings. The van der Waals surface area contributed by atoms with Crippen molar-refractivity contribution in [1.29, 1.82) is 0 Å². The van der Waals surface area contributed by atoms with Crippen LogP contribution in [0.25, 0.3) is 0 Å². The molecule has 0 bridgehead atoms. The Labute approximate surface area is 115 Å². The summed E-state index contributed by atoms with van der Waals surface area (Å²) in [4.78, 5) is 4.20. The number of ether oxygens (including phenoxy) is 2. The Hall–Kier alpha value is -1.55. The Morgan fingerprint density at radius 1 is 1.11 bits per heavy atom. The quantitative estimate of drug-likeness (QED) is 0.791. The number of pyridine rings is 1. The number of nitrogens with zero attached hydrogens (tertiary/aromatic N) is 1. The van der Waals surface area contributed by atoms with Crippen LogP contribution in [0.5, 0.6) is 11.6 Å². The molecule has 0 spiro atoms. The second kappa shape index (κ2) is 6.40. The van der Waals surface area contributed by atoms with E-state index in [4.69, 9.17) is 9.47 Å². The molecule has 0 radical (unpaired) electrons. The fourth-order valence-corrected chi connectivity index (χ4v) is 1.94. The fraction of sp³-hybridized carbons (Fsp3) is 0.214. The van der Waals surface area contributed by atoms with Gasteiger partial charge in [-0.15, -0.1) is 0 Å². The minimum Gasteiger partial charge on any atom is -0.490 e. The summed E-state index contributed by atoms with van der Waals surface area (Å²) in [6, 6.07) is 11.7. The Bertz CT molecular complexity index is 502. The lowest BCUT2D eigenvalue weighted by Gasteiger charge is -2.09. The summed E-state index contributed by atoms with van der Waals surface area (Å²) in [5.41, 5.74) is 1.00. The molecule has 0 saturated heterocycles. The zero-order valence-corrected chi connectivity index (χ0v) is 11.7. The molecule has 0 atom stereocenters. The minimum absolute atomic E-state index is 0.477. The van der Waals surface area contributed by atoms with Gasteiger partial charge in [0.1, 0.15) is 19.0 Å². The highest BCUT2D eigenvalue weighted by Crippen LogP contribution is 2.18. The summed E-state index contributed by atoms with van der Waals surface area (Å²) < 4.78 is 12.0. The second-order valence-electron chi connectivity index (χ2n) is 3.79. The van der Waals surface area contributed by atoms with Crippen LogP contribution in [-0.4, -0.2) is 18.2 Å². The van der Waals surface area contributed by atoms with Crippen molar-refractivity contribution in [2.24, 2.45) is 0 Å². The van der Waals surface area contributed by atoms with Gasteiger partial charge in [-0.3, -0.25) is 0 Å². The fourth-order valence-electron chi connectivity index (χ4n) is 1.49. The van der Waals surface area contributed by atoms with E-state index in [-0.39, 0.29) is 0 Å². The average Bonchev–Trinajstić information content (AvgIpc) is 2.38. The van der Waals surface area contributed by atoms with Gasteiger partial charge >= 0.3 is 0 Å². The van der Waals surface area contributed by atoms with Gasteiger partial charge in [0, 0.05) is 16.2 Å². The van der Waals surface area contributed by atoms with Gasteiger partial charge in [-0.1, -0.05) is 18.2 Å². The normalized spacial score (nSPS) is 10.1. The van der Waals surface area contributed by atoms with Crippen molar-refractivity contribution in [2.45, 2.75) is 6.92 Å². The summed E-state index contributed by atoms with van der Waals surface area (Å²) in [5, 5.41) is 0. The van der Waals surface area contributed by atoms with E-state index < -0.39 is 0 Å². The lowest BCUT2D eigenvalue weighted by atomic mass is 10.3. The monoisotopic (exact) mass is 307 g/mol. The zero-order valence-electron chi connectivity index (χ0n) is 10.1. The zero-order chi connectivity index (χ0) is 12.8. The van der Waals surface area contributed by atoms with Gasteiger partial charge in [0.2, 0.25) is 5.88 Å². The molecule has 94 valence electrons. The maximum atomic E-state index is 5.56. The van der Waals surface area contributed by atoms with Crippen LogP contribution < -0.4 is 9.47 Å². The van der Waals surface area contributed by atoms with Crippen molar-refractivity contribution in [3.63, 3.8) is 0 Å². The molecule has 2 rings (SSSR count). The molecule has 0 amide bonds. The number of halogens is 1. The smallest absolute Gasteiger partial charge is 0.216 e. The number of hydrogen-bond donors (Lipinski definition) is 0. The first-order valence-electron chi connectivity index (χ1n) is 5.68. The molecule has 4 heteroatoms. The van der Waals surface area contributed by atoms with Crippen molar-refractivity contribution >= 4 is 15.9 Å². The Morgan fingerprint density at radius 2 is 1.83 bits per heavy atom. The van der Waals surface area contributed by atoms with Crippen molar-refractivity contribution in [2.75, 3.05) is 13.2 Å². The predicted octanol–water partition coefficient (Wildman–Crippen LogP) is 3.61. The molecule has 3 nitrogen and oxygen atoms in total. The van der Waals surface area contributed by atoms with Gasteiger partial charge in [-0.25, -0.2) is 4.98 Å². The summed E-state index contributed by atoms with van der Waals surface area (Å²) in [7, 11) is 0. The molecule has 0 unspecified atom stereocenters. The summed E-state index contributed by atoms with van der Waals surface area (Å²) >= 11 is 3.37. The largest absolute Gasteiger partial charge is 0.490 e. The van der Waals surface area contributed by atoms with E-state index in [9.17, 15) is 0 Å². The van der Waals surface area contributed by atoms with E-state index in [1.54, 1.807) is 6.20 Å². The van der Waals surface area contributed by atoms with Crippen molar-refractivity contribution in [3.05, 3.63) is 52.6 Å². The predicted molar refractivity (Wildman–Crippen MR) is 74.1 cm³/mol. The number of para-hydroxylation sites is 1. The van der Waals surface area contributed by atoms with Gasteiger partial charge in [-0.05, 0) is 41.1 Å². The lowest BCUT2D eigenvalue weighted by Crippen LogP contribution is -2.10. The number of hydrogen-bond acceptors (Lipinski definition) is 3. The van der Waals surface area contributed by atoms with Gasteiger partial charge in [0.05, 0.1) is 0 Å². The van der Waals surface area contributed by atoms with Crippen LogP contribution in [0.3, 0.4) is 0 Å². The first-order valence-corrected chi connectivity index (χ1v) is 6.48. The number of aromatic nitrogens is 1. The number of benzene rings is 1. The van der Waals surface area contributed by atoms with Crippen molar-refractivity contribution < 1.29 is 9.47 Å². The van der Waals surface area contributed by atoms with Gasteiger partial charge in [-0.2, -0.15) is 0 Å². The highest BCUT2D eigenvalue weighted by molar-refractivity contribution is 9.10. The van der Waals surface area contributed by atoms with E-state index in [0.717, 1.165) is 15.8 Å². The maximum absolute atomic E-state index is 5.56. The Kier molecular flexibility index (Phi) is 4.59. The third-order valence-electron chi connectivity index (χ3n) is 2.33. The van der Waals surface area contributed by atoms with Gasteiger partial charge in [0.15, 0.2) is 0 Å². The highest BCUT2D eigenvalue weighted by Gasteiger charge is 2.01. The van der Waals surface area contributed by atoms with Crippen LogP contribution in [0.15, 0.2) is 47.1 Å². The van der Waals surface area contributed by atoms with Crippen LogP contribution in [-0.2, 0) is 0 Å². The first kappa shape index (κ1) is 12.9. The number of aryl methyl sites for hydroxylation is 1. The molecule has 0 aliphatic heterocycles. The van der Waals surface area contributed by atoms with Crippen LogP contribution in [0, 0.1) is 6.92 Å². The third-order valence-corrected chi connectivity index (χ3v) is 2.76. The molecular formula is C14H14BrNO2. The second-order valence-corrected chi connectivity index (χ2v) is 4.70. The maximum Gasteiger partial charge on any atom is 0.216 e. The topological polar surface area (TPSA) is 31.4 Å². The standard InChI is InChI=1S/C14H14BrNO2/c1-11-9-12(15)10-16-14(11)18-8-7-17-13-5-3-2-4-6-13/h2-6,9-10H,7-8H2,1H3. The van der Waals surface area contributed by atoms with Crippen LogP contribution in [0.4, 0.5) is 0 Å². The molecule has 0 saturated carbocycles. The Balaban J connectivity index is 1.79. The molecule has 0 aliphatic rings. The van der Waals surface area contributed by atoms with Crippen molar-refractivity contribution in [3.8, 4) is 11.6 Å². The first-order chi connectivity index (χ1) is 8.75. The van der Waals surface area contributed by atoms with E-state index in [1.807, 2.05) is 43.3 Å². The molecule has 18 heavy (non-hydrogen) atoms. The summed E-state index contributed by atoms with van der Waals surface area (Å²) in [6.45, 7) is 2.94. The highest BCUT2D eigenvalue weighted by atomic mass is 79.9. The van der Waals surface area contributed by atoms with Crippen LogP contribution >= 0.6 is 15.9 Å². The SMILES string of the molecule is Cc1cc(Br)cnc1OCCOc1ccccc1. The van der Waals surface area contributed by atoms with E-state index in [2.05, 4.69) is 20.9 Å². The van der Waals surface area contributed by atoms with Crippen LogP contribution in [0.2, 0.25) is 0 Å². The molecule has 1 heterocycles. The molecule has 0 fully saturated rings.